The van der Waals surface area contributed by atoms with Crippen molar-refractivity contribution < 1.29 is 14.3 Å². The van der Waals surface area contributed by atoms with E-state index in [9.17, 15) is 9.59 Å². The van der Waals surface area contributed by atoms with Crippen molar-refractivity contribution in [2.45, 2.75) is 25.7 Å². The van der Waals surface area contributed by atoms with Crippen molar-refractivity contribution in [1.29, 1.82) is 0 Å². The number of methoxy groups -OCH3 is 1. The number of esters is 1. The molecule has 0 radical (unpaired) electrons. The number of carbonyl (C=O) groups excluding carboxylic acids is 2. The number of hydrogen-bond acceptors (Lipinski definition) is 4. The molecule has 0 unspecified atom stereocenters. The lowest BCUT2D eigenvalue weighted by molar-refractivity contribution is -0.140. The second-order valence-corrected chi connectivity index (χ2v) is 5.87. The highest BCUT2D eigenvalue weighted by Crippen LogP contribution is 2.24. The number of carbonyl (C=O) groups is 2. The van der Waals surface area contributed by atoms with Gasteiger partial charge in [0, 0.05) is 17.7 Å². The number of fused-ring (bicyclic) bond motifs is 1. The number of benzene rings is 1. The molecule has 5 heteroatoms. The van der Waals surface area contributed by atoms with E-state index >= 15 is 0 Å². The van der Waals surface area contributed by atoms with Crippen LogP contribution in [0.2, 0.25) is 0 Å². The van der Waals surface area contributed by atoms with Crippen molar-refractivity contribution >= 4 is 33.3 Å². The van der Waals surface area contributed by atoms with Crippen LogP contribution in [0.25, 0.3) is 10.1 Å². The molecule has 21 heavy (non-hydrogen) atoms. The Bertz CT molecular complexity index is 588. The molecule has 112 valence electrons. The summed E-state index contributed by atoms with van der Waals surface area (Å²) in [5, 5.41) is 4.02. The molecule has 1 aromatic carbocycles. The minimum absolute atomic E-state index is 0.0239. The molecule has 2 aromatic rings. The van der Waals surface area contributed by atoms with E-state index in [-0.39, 0.29) is 11.9 Å². The van der Waals surface area contributed by atoms with E-state index in [2.05, 4.69) is 10.1 Å². The number of amides is 1. The lowest BCUT2D eigenvalue weighted by Gasteiger charge is -2.03. The predicted molar refractivity (Wildman–Crippen MR) is 84.6 cm³/mol. The van der Waals surface area contributed by atoms with Gasteiger partial charge in [-0.15, -0.1) is 11.3 Å². The highest BCUT2D eigenvalue weighted by Gasteiger charge is 2.09. The smallest absolute Gasteiger partial charge is 0.305 e. The summed E-state index contributed by atoms with van der Waals surface area (Å²) in [6.07, 6.45) is 3.02. The summed E-state index contributed by atoms with van der Waals surface area (Å²) in [5.74, 6) is -0.200. The molecule has 4 nitrogen and oxygen atoms in total. The second-order valence-electron chi connectivity index (χ2n) is 4.79. The normalized spacial score (nSPS) is 10.5. The van der Waals surface area contributed by atoms with Gasteiger partial charge in [-0.05, 0) is 30.4 Å². The summed E-state index contributed by atoms with van der Waals surface area (Å²) in [6, 6.07) is 9.89. The molecule has 1 heterocycles. The van der Waals surface area contributed by atoms with E-state index < -0.39 is 0 Å². The van der Waals surface area contributed by atoms with E-state index in [1.165, 1.54) is 18.4 Å². The van der Waals surface area contributed by atoms with E-state index in [4.69, 9.17) is 0 Å². The molecule has 0 atom stereocenters. The highest BCUT2D eigenvalue weighted by molar-refractivity contribution is 7.20. The molecule has 0 aliphatic rings. The fourth-order valence-corrected chi connectivity index (χ4v) is 3.04. The maximum atomic E-state index is 12.0. The van der Waals surface area contributed by atoms with Gasteiger partial charge < -0.3 is 10.1 Å². The van der Waals surface area contributed by atoms with Crippen molar-refractivity contribution in [3.05, 3.63) is 35.2 Å². The van der Waals surface area contributed by atoms with Crippen LogP contribution in [0.15, 0.2) is 30.3 Å². The van der Waals surface area contributed by atoms with Crippen LogP contribution in [0.4, 0.5) is 0 Å². The maximum Gasteiger partial charge on any atom is 0.305 e. The second kappa shape index (κ2) is 7.78. The first-order chi connectivity index (χ1) is 10.2. The van der Waals surface area contributed by atoms with Crippen molar-refractivity contribution in [3.63, 3.8) is 0 Å². The molecule has 2 rings (SSSR count). The molecular weight excluding hydrogens is 286 g/mol. The Morgan fingerprint density at radius 3 is 2.76 bits per heavy atom. The Kier molecular flexibility index (Phi) is 5.75. The minimum Gasteiger partial charge on any atom is -0.469 e. The summed E-state index contributed by atoms with van der Waals surface area (Å²) in [4.78, 5) is 23.7. The van der Waals surface area contributed by atoms with Gasteiger partial charge in [0.1, 0.15) is 0 Å². The Morgan fingerprint density at radius 1 is 1.19 bits per heavy atom. The first-order valence-corrected chi connectivity index (χ1v) is 7.86. The number of unbranched alkanes of at least 4 members (excludes halogenated alkanes) is 2. The summed E-state index contributed by atoms with van der Waals surface area (Å²) in [5.41, 5.74) is 0. The molecule has 0 fully saturated rings. The molecule has 0 saturated carbocycles. The number of rotatable bonds is 7. The van der Waals surface area contributed by atoms with Gasteiger partial charge in [0.25, 0.3) is 5.91 Å². The monoisotopic (exact) mass is 305 g/mol. The quantitative estimate of drug-likeness (QED) is 0.630. The molecule has 0 bridgehead atoms. The molecular formula is C16H19NO3S. The van der Waals surface area contributed by atoms with Gasteiger partial charge in [0.15, 0.2) is 0 Å². The first-order valence-electron chi connectivity index (χ1n) is 7.04. The summed E-state index contributed by atoms with van der Waals surface area (Å²) >= 11 is 1.51. The zero-order valence-corrected chi connectivity index (χ0v) is 12.9. The molecule has 0 aliphatic carbocycles. The van der Waals surface area contributed by atoms with Gasteiger partial charge in [-0.1, -0.05) is 24.6 Å². The molecule has 0 saturated heterocycles. The van der Waals surface area contributed by atoms with Crippen molar-refractivity contribution in [2.75, 3.05) is 13.7 Å². The Balaban J connectivity index is 1.71. The number of hydrogen-bond donors (Lipinski definition) is 1. The van der Waals surface area contributed by atoms with Crippen LogP contribution in [-0.2, 0) is 9.53 Å². The van der Waals surface area contributed by atoms with Crippen molar-refractivity contribution in [1.82, 2.24) is 5.32 Å². The first kappa shape index (κ1) is 15.5. The van der Waals surface area contributed by atoms with Gasteiger partial charge in [-0.2, -0.15) is 0 Å². The van der Waals surface area contributed by atoms with Gasteiger partial charge >= 0.3 is 5.97 Å². The number of thiophene rings is 1. The fraction of sp³-hybridized carbons (Fsp3) is 0.375. The van der Waals surface area contributed by atoms with E-state index in [1.54, 1.807) is 0 Å². The number of ether oxygens (including phenoxy) is 1. The standard InChI is InChI=1S/C16H19NO3S/c1-20-15(18)9-3-2-6-10-17-16(19)14-11-12-7-4-5-8-13(12)21-14/h4-5,7-8,11H,2-3,6,9-10H2,1H3,(H,17,19). The van der Waals surface area contributed by atoms with Crippen LogP contribution < -0.4 is 5.32 Å². The Morgan fingerprint density at radius 2 is 2.00 bits per heavy atom. The summed E-state index contributed by atoms with van der Waals surface area (Å²) in [7, 11) is 1.40. The van der Waals surface area contributed by atoms with Crippen LogP contribution >= 0.6 is 11.3 Å². The summed E-state index contributed by atoms with van der Waals surface area (Å²) in [6.45, 7) is 0.633. The summed E-state index contributed by atoms with van der Waals surface area (Å²) < 4.78 is 5.70. The van der Waals surface area contributed by atoms with E-state index in [0.29, 0.717) is 13.0 Å². The molecule has 0 spiro atoms. The third kappa shape index (κ3) is 4.56. The fourth-order valence-electron chi connectivity index (χ4n) is 2.06. The van der Waals surface area contributed by atoms with Gasteiger partial charge in [0.05, 0.1) is 12.0 Å². The Hall–Kier alpha value is -1.88. The van der Waals surface area contributed by atoms with Gasteiger partial charge in [-0.25, -0.2) is 0 Å². The lowest BCUT2D eigenvalue weighted by Crippen LogP contribution is -2.23. The van der Waals surface area contributed by atoms with Gasteiger partial charge in [0.2, 0.25) is 0 Å². The zero-order chi connectivity index (χ0) is 15.1. The maximum absolute atomic E-state index is 12.0. The van der Waals surface area contributed by atoms with Gasteiger partial charge in [-0.3, -0.25) is 9.59 Å². The third-order valence-corrected chi connectivity index (χ3v) is 4.34. The van der Waals surface area contributed by atoms with Crippen LogP contribution in [0.3, 0.4) is 0 Å². The van der Waals surface area contributed by atoms with Crippen LogP contribution in [0, 0.1) is 0 Å². The van der Waals surface area contributed by atoms with E-state index in [0.717, 1.165) is 34.2 Å². The predicted octanol–water partition coefficient (Wildman–Crippen LogP) is 3.36. The molecule has 1 N–H and O–H groups in total. The molecule has 1 amide bonds. The average Bonchev–Trinajstić information content (AvgIpc) is 2.94. The minimum atomic E-state index is -0.177. The SMILES string of the molecule is COC(=O)CCCCCNC(=O)c1cc2ccccc2s1. The van der Waals surface area contributed by atoms with Crippen LogP contribution in [0.1, 0.15) is 35.4 Å². The van der Waals surface area contributed by atoms with Crippen molar-refractivity contribution in [3.8, 4) is 0 Å². The van der Waals surface area contributed by atoms with E-state index in [1.807, 2.05) is 30.3 Å². The largest absolute Gasteiger partial charge is 0.469 e. The third-order valence-electron chi connectivity index (χ3n) is 3.22. The molecule has 0 aliphatic heterocycles. The zero-order valence-electron chi connectivity index (χ0n) is 12.1. The average molecular weight is 305 g/mol. The molecule has 1 aromatic heterocycles. The Labute approximate surface area is 128 Å². The van der Waals surface area contributed by atoms with Crippen LogP contribution in [0.5, 0.6) is 0 Å². The van der Waals surface area contributed by atoms with Crippen LogP contribution in [-0.4, -0.2) is 25.5 Å². The topological polar surface area (TPSA) is 55.4 Å². The highest BCUT2D eigenvalue weighted by atomic mass is 32.1. The lowest BCUT2D eigenvalue weighted by atomic mass is 10.2. The van der Waals surface area contributed by atoms with Crippen molar-refractivity contribution in [2.24, 2.45) is 0 Å². The number of nitrogens with one attached hydrogen (secondary N) is 1.